The highest BCUT2D eigenvalue weighted by Crippen LogP contribution is 2.24. The molecule has 0 fully saturated rings. The van der Waals surface area contributed by atoms with E-state index in [4.69, 9.17) is 5.73 Å². The smallest absolute Gasteiger partial charge is 0.131 e. The predicted molar refractivity (Wildman–Crippen MR) is 59.2 cm³/mol. The summed E-state index contributed by atoms with van der Waals surface area (Å²) in [5.74, 6) is 1.69. The van der Waals surface area contributed by atoms with Crippen LogP contribution in [-0.2, 0) is 20.5 Å². The first-order valence-corrected chi connectivity index (χ1v) is 4.93. The van der Waals surface area contributed by atoms with Crippen molar-refractivity contribution in [3.63, 3.8) is 0 Å². The van der Waals surface area contributed by atoms with E-state index in [0.29, 0.717) is 5.82 Å². The van der Waals surface area contributed by atoms with E-state index in [1.807, 2.05) is 24.9 Å². The highest BCUT2D eigenvalue weighted by Gasteiger charge is 2.13. The highest BCUT2D eigenvalue weighted by molar-refractivity contribution is 5.69. The molecule has 0 atom stereocenters. The Balaban J connectivity index is 2.53. The minimum Gasteiger partial charge on any atom is -0.383 e. The van der Waals surface area contributed by atoms with Crippen LogP contribution in [0.25, 0.3) is 11.3 Å². The van der Waals surface area contributed by atoms with Crippen LogP contribution in [0, 0.1) is 0 Å². The van der Waals surface area contributed by atoms with E-state index in [-0.39, 0.29) is 0 Å². The van der Waals surface area contributed by atoms with Crippen molar-refractivity contribution >= 4 is 5.82 Å². The van der Waals surface area contributed by atoms with E-state index in [1.165, 1.54) is 0 Å². The van der Waals surface area contributed by atoms with E-state index < -0.39 is 0 Å². The van der Waals surface area contributed by atoms with Crippen molar-refractivity contribution in [1.82, 2.24) is 19.3 Å². The molecular formula is C10H15N5. The molecule has 0 saturated heterocycles. The van der Waals surface area contributed by atoms with Crippen LogP contribution < -0.4 is 5.73 Å². The minimum atomic E-state index is 0.694. The highest BCUT2D eigenvalue weighted by atomic mass is 15.2. The number of imidazole rings is 1. The topological polar surface area (TPSA) is 61.7 Å². The van der Waals surface area contributed by atoms with Gasteiger partial charge in [-0.15, -0.1) is 0 Å². The summed E-state index contributed by atoms with van der Waals surface area (Å²) < 4.78 is 3.66. The Bertz CT molecular complexity index is 480. The summed E-state index contributed by atoms with van der Waals surface area (Å²) >= 11 is 0. The maximum Gasteiger partial charge on any atom is 0.131 e. The molecule has 0 amide bonds. The molecule has 5 heteroatoms. The first-order chi connectivity index (χ1) is 7.13. The number of aromatic nitrogens is 4. The molecule has 80 valence electrons. The minimum absolute atomic E-state index is 0.694. The van der Waals surface area contributed by atoms with E-state index in [9.17, 15) is 0 Å². The third-order valence-electron chi connectivity index (χ3n) is 2.53. The van der Waals surface area contributed by atoms with Crippen molar-refractivity contribution < 1.29 is 0 Å². The van der Waals surface area contributed by atoms with Gasteiger partial charge < -0.3 is 10.3 Å². The molecular weight excluding hydrogens is 190 g/mol. The van der Waals surface area contributed by atoms with Crippen molar-refractivity contribution in [2.45, 2.75) is 13.3 Å². The summed E-state index contributed by atoms with van der Waals surface area (Å²) in [6.07, 6.45) is 4.57. The first-order valence-electron chi connectivity index (χ1n) is 4.93. The van der Waals surface area contributed by atoms with Gasteiger partial charge in [-0.05, 0) is 0 Å². The van der Waals surface area contributed by atoms with Gasteiger partial charge in [-0.1, -0.05) is 6.92 Å². The fourth-order valence-corrected chi connectivity index (χ4v) is 1.63. The molecule has 2 N–H and O–H groups in total. The molecule has 2 heterocycles. The molecule has 0 aromatic carbocycles. The lowest BCUT2D eigenvalue weighted by Gasteiger charge is -1.98. The Morgan fingerprint density at radius 1 is 1.40 bits per heavy atom. The summed E-state index contributed by atoms with van der Waals surface area (Å²) in [6, 6.07) is 0. The number of hydrogen-bond donors (Lipinski definition) is 1. The van der Waals surface area contributed by atoms with Crippen LogP contribution in [0.2, 0.25) is 0 Å². The van der Waals surface area contributed by atoms with Gasteiger partial charge in [0.15, 0.2) is 0 Å². The summed E-state index contributed by atoms with van der Waals surface area (Å²) in [4.78, 5) is 4.50. The molecule has 0 unspecified atom stereocenters. The van der Waals surface area contributed by atoms with Crippen LogP contribution in [0.4, 0.5) is 5.82 Å². The Morgan fingerprint density at radius 2 is 2.13 bits per heavy atom. The molecule has 0 radical (unpaired) electrons. The second-order valence-corrected chi connectivity index (χ2v) is 3.58. The Labute approximate surface area is 88.5 Å². The Morgan fingerprint density at radius 3 is 2.60 bits per heavy atom. The molecule has 0 aliphatic heterocycles. The quantitative estimate of drug-likeness (QED) is 0.794. The number of hydrogen-bond acceptors (Lipinski definition) is 3. The van der Waals surface area contributed by atoms with Gasteiger partial charge in [0.25, 0.3) is 0 Å². The van der Waals surface area contributed by atoms with Crippen molar-refractivity contribution in [1.29, 1.82) is 0 Å². The predicted octanol–water partition coefficient (Wildman–Crippen LogP) is 0.965. The molecule has 2 aromatic rings. The summed E-state index contributed by atoms with van der Waals surface area (Å²) in [5.41, 5.74) is 7.77. The maximum absolute atomic E-state index is 5.98. The zero-order valence-corrected chi connectivity index (χ0v) is 9.23. The third-order valence-corrected chi connectivity index (χ3v) is 2.53. The van der Waals surface area contributed by atoms with Gasteiger partial charge in [0, 0.05) is 32.3 Å². The summed E-state index contributed by atoms with van der Waals surface area (Å²) in [6.45, 7) is 2.06. The van der Waals surface area contributed by atoms with Crippen LogP contribution in [0.3, 0.4) is 0 Å². The SMILES string of the molecule is CCc1nc(-c2cnn(C)c2)c(N)n1C. The third kappa shape index (κ3) is 1.49. The number of rotatable bonds is 2. The molecule has 15 heavy (non-hydrogen) atoms. The average molecular weight is 205 g/mol. The van der Waals surface area contributed by atoms with Gasteiger partial charge in [-0.3, -0.25) is 4.68 Å². The normalized spacial score (nSPS) is 10.9. The average Bonchev–Trinajstić information content (AvgIpc) is 2.74. The van der Waals surface area contributed by atoms with Gasteiger partial charge in [0.2, 0.25) is 0 Å². The number of nitrogen functional groups attached to an aromatic ring is 1. The summed E-state index contributed by atoms with van der Waals surface area (Å²) in [5, 5.41) is 4.11. The van der Waals surface area contributed by atoms with Crippen molar-refractivity contribution in [3.8, 4) is 11.3 Å². The van der Waals surface area contributed by atoms with Crippen LogP contribution in [0.1, 0.15) is 12.7 Å². The van der Waals surface area contributed by atoms with Gasteiger partial charge in [0.05, 0.1) is 6.20 Å². The van der Waals surface area contributed by atoms with Gasteiger partial charge in [0.1, 0.15) is 17.3 Å². The van der Waals surface area contributed by atoms with Gasteiger partial charge >= 0.3 is 0 Å². The molecule has 2 aromatic heterocycles. The Kier molecular flexibility index (Phi) is 2.22. The fraction of sp³-hybridized carbons (Fsp3) is 0.400. The number of aryl methyl sites for hydroxylation is 2. The lowest BCUT2D eigenvalue weighted by molar-refractivity contribution is 0.768. The van der Waals surface area contributed by atoms with E-state index >= 15 is 0 Å². The lowest BCUT2D eigenvalue weighted by Crippen LogP contribution is -2.00. The van der Waals surface area contributed by atoms with Gasteiger partial charge in [-0.25, -0.2) is 4.98 Å². The van der Waals surface area contributed by atoms with Gasteiger partial charge in [-0.2, -0.15) is 5.10 Å². The second-order valence-electron chi connectivity index (χ2n) is 3.58. The number of anilines is 1. The maximum atomic E-state index is 5.98. The zero-order valence-electron chi connectivity index (χ0n) is 9.23. The number of nitrogens with two attached hydrogens (primary N) is 1. The largest absolute Gasteiger partial charge is 0.383 e. The number of nitrogens with zero attached hydrogens (tertiary/aromatic N) is 4. The van der Waals surface area contributed by atoms with Crippen LogP contribution in [-0.4, -0.2) is 19.3 Å². The van der Waals surface area contributed by atoms with E-state index in [2.05, 4.69) is 17.0 Å². The van der Waals surface area contributed by atoms with Crippen molar-refractivity contribution in [2.75, 3.05) is 5.73 Å². The van der Waals surface area contributed by atoms with E-state index in [0.717, 1.165) is 23.5 Å². The first kappa shape index (κ1) is 9.76. The van der Waals surface area contributed by atoms with Crippen LogP contribution in [0.5, 0.6) is 0 Å². The molecule has 5 nitrogen and oxygen atoms in total. The van der Waals surface area contributed by atoms with E-state index in [1.54, 1.807) is 10.9 Å². The second kappa shape index (κ2) is 3.42. The molecule has 2 rings (SSSR count). The monoisotopic (exact) mass is 205 g/mol. The molecule has 0 bridgehead atoms. The molecule has 0 aliphatic carbocycles. The van der Waals surface area contributed by atoms with Crippen molar-refractivity contribution in [3.05, 3.63) is 18.2 Å². The zero-order chi connectivity index (χ0) is 11.0. The summed E-state index contributed by atoms with van der Waals surface area (Å²) in [7, 11) is 3.81. The molecule has 0 saturated carbocycles. The lowest BCUT2D eigenvalue weighted by atomic mass is 10.2. The van der Waals surface area contributed by atoms with Crippen LogP contribution in [0.15, 0.2) is 12.4 Å². The fourth-order valence-electron chi connectivity index (χ4n) is 1.63. The standard InChI is InChI=1S/C10H15N5/c1-4-8-13-9(10(11)15(8)3)7-5-12-14(2)6-7/h5-6H,4,11H2,1-3H3. The Hall–Kier alpha value is -1.78. The molecule has 0 spiro atoms. The molecule has 0 aliphatic rings. The van der Waals surface area contributed by atoms with Crippen molar-refractivity contribution in [2.24, 2.45) is 14.1 Å². The van der Waals surface area contributed by atoms with Crippen LogP contribution >= 0.6 is 0 Å².